The van der Waals surface area contributed by atoms with Crippen molar-refractivity contribution in [3.05, 3.63) is 77.6 Å². The molecule has 2 heterocycles. The Morgan fingerprint density at radius 2 is 1.72 bits per heavy atom. The fourth-order valence-corrected chi connectivity index (χ4v) is 5.65. The monoisotopic (exact) mass is 452 g/mol. The van der Waals surface area contributed by atoms with Gasteiger partial charge < -0.3 is 4.90 Å². The minimum Gasteiger partial charge on any atom is -0.340 e. The van der Waals surface area contributed by atoms with Gasteiger partial charge in [-0.3, -0.25) is 4.79 Å². The number of hydrogen-bond acceptors (Lipinski definition) is 4. The molecule has 0 bridgehead atoms. The third kappa shape index (κ3) is 4.76. The molecule has 32 heavy (non-hydrogen) atoms. The van der Waals surface area contributed by atoms with Gasteiger partial charge in [0.05, 0.1) is 16.8 Å². The lowest BCUT2D eigenvalue weighted by molar-refractivity contribution is -0.132. The molecule has 1 aromatic heterocycles. The Bertz CT molecular complexity index is 1200. The quantitative estimate of drug-likeness (QED) is 0.576. The van der Waals surface area contributed by atoms with E-state index < -0.39 is 10.0 Å². The molecule has 1 fully saturated rings. The molecule has 168 valence electrons. The molecule has 8 heteroatoms. The van der Waals surface area contributed by atoms with Crippen LogP contribution in [0, 0.1) is 13.8 Å². The SMILES string of the molecule is Cc1ccc(C)c(S(=O)(=O)N2CCN(C(=O)CCc3cnn(-c4ccccc4)c3)CC2)c1. The lowest BCUT2D eigenvalue weighted by atomic mass is 10.2. The number of piperazine rings is 1. The van der Waals surface area contributed by atoms with E-state index >= 15 is 0 Å². The van der Waals surface area contributed by atoms with Crippen LogP contribution in [0.4, 0.5) is 0 Å². The Morgan fingerprint density at radius 1 is 1.00 bits per heavy atom. The molecule has 3 aromatic rings. The first-order valence-electron chi connectivity index (χ1n) is 10.8. The van der Waals surface area contributed by atoms with Crippen molar-refractivity contribution in [3.63, 3.8) is 0 Å². The van der Waals surface area contributed by atoms with Crippen molar-refractivity contribution in [2.24, 2.45) is 0 Å². The molecule has 2 aromatic carbocycles. The fourth-order valence-electron chi connectivity index (χ4n) is 3.92. The lowest BCUT2D eigenvalue weighted by Gasteiger charge is -2.34. The zero-order chi connectivity index (χ0) is 22.7. The largest absolute Gasteiger partial charge is 0.340 e. The van der Waals surface area contributed by atoms with E-state index in [4.69, 9.17) is 0 Å². The van der Waals surface area contributed by atoms with E-state index in [2.05, 4.69) is 5.10 Å². The number of aryl methyl sites for hydroxylation is 3. The molecular weight excluding hydrogens is 424 g/mol. The summed E-state index contributed by atoms with van der Waals surface area (Å²) in [7, 11) is -3.56. The highest BCUT2D eigenvalue weighted by atomic mass is 32.2. The van der Waals surface area contributed by atoms with Gasteiger partial charge in [-0.25, -0.2) is 13.1 Å². The van der Waals surface area contributed by atoms with E-state index in [-0.39, 0.29) is 5.91 Å². The molecule has 0 radical (unpaired) electrons. The summed E-state index contributed by atoms with van der Waals surface area (Å²) in [5.41, 5.74) is 3.63. The Hall–Kier alpha value is -2.97. The molecule has 0 aliphatic carbocycles. The zero-order valence-corrected chi connectivity index (χ0v) is 19.3. The third-order valence-corrected chi connectivity index (χ3v) is 7.88. The Balaban J connectivity index is 1.32. The summed E-state index contributed by atoms with van der Waals surface area (Å²) in [6.07, 6.45) is 4.71. The minimum atomic E-state index is -3.56. The second-order valence-electron chi connectivity index (χ2n) is 8.18. The highest BCUT2D eigenvalue weighted by Gasteiger charge is 2.31. The summed E-state index contributed by atoms with van der Waals surface area (Å²) in [5.74, 6) is 0.0428. The normalized spacial score (nSPS) is 15.1. The summed E-state index contributed by atoms with van der Waals surface area (Å²) in [6, 6.07) is 15.3. The van der Waals surface area contributed by atoms with Crippen LogP contribution in [-0.4, -0.2) is 59.5 Å². The molecule has 0 N–H and O–H groups in total. The van der Waals surface area contributed by atoms with Gasteiger partial charge in [0.1, 0.15) is 0 Å². The van der Waals surface area contributed by atoms with E-state index in [1.54, 1.807) is 21.8 Å². The molecule has 4 rings (SSSR count). The van der Waals surface area contributed by atoms with Crippen molar-refractivity contribution < 1.29 is 13.2 Å². The molecule has 7 nitrogen and oxygen atoms in total. The van der Waals surface area contributed by atoms with Crippen LogP contribution in [-0.2, 0) is 21.2 Å². The first kappa shape index (κ1) is 22.2. The highest BCUT2D eigenvalue weighted by Crippen LogP contribution is 2.22. The zero-order valence-electron chi connectivity index (χ0n) is 18.4. The lowest BCUT2D eigenvalue weighted by Crippen LogP contribution is -2.50. The fraction of sp³-hybridized carbons (Fsp3) is 0.333. The molecule has 1 aliphatic rings. The first-order chi connectivity index (χ1) is 15.3. The number of para-hydroxylation sites is 1. The van der Waals surface area contributed by atoms with E-state index in [0.29, 0.717) is 43.9 Å². The van der Waals surface area contributed by atoms with Crippen LogP contribution in [0.5, 0.6) is 0 Å². The van der Waals surface area contributed by atoms with Gasteiger partial charge in [-0.2, -0.15) is 9.40 Å². The molecule has 1 amide bonds. The minimum absolute atomic E-state index is 0.0428. The summed E-state index contributed by atoms with van der Waals surface area (Å²) in [5, 5.41) is 4.37. The topological polar surface area (TPSA) is 75.5 Å². The van der Waals surface area contributed by atoms with Crippen LogP contribution < -0.4 is 0 Å². The number of amides is 1. The van der Waals surface area contributed by atoms with Crippen molar-refractivity contribution in [1.29, 1.82) is 0 Å². The predicted octanol–water partition coefficient (Wildman–Crippen LogP) is 2.95. The highest BCUT2D eigenvalue weighted by molar-refractivity contribution is 7.89. The molecule has 1 aliphatic heterocycles. The molecule has 0 spiro atoms. The van der Waals surface area contributed by atoms with E-state index in [0.717, 1.165) is 22.4 Å². The van der Waals surface area contributed by atoms with E-state index in [1.807, 2.05) is 62.5 Å². The Kier molecular flexibility index (Phi) is 6.43. The summed E-state index contributed by atoms with van der Waals surface area (Å²) in [6.45, 7) is 5.14. The van der Waals surface area contributed by atoms with E-state index in [1.165, 1.54) is 4.31 Å². The third-order valence-electron chi connectivity index (χ3n) is 5.84. The maximum absolute atomic E-state index is 13.1. The van der Waals surface area contributed by atoms with Gasteiger partial charge in [0.2, 0.25) is 15.9 Å². The van der Waals surface area contributed by atoms with E-state index in [9.17, 15) is 13.2 Å². The van der Waals surface area contributed by atoms with Crippen LogP contribution in [0.15, 0.2) is 65.8 Å². The number of carbonyl (C=O) groups is 1. The molecule has 0 atom stereocenters. The molecule has 0 saturated carbocycles. The van der Waals surface area contributed by atoms with Crippen LogP contribution in [0.3, 0.4) is 0 Å². The van der Waals surface area contributed by atoms with Gasteiger partial charge >= 0.3 is 0 Å². The average Bonchev–Trinajstić information content (AvgIpc) is 3.29. The number of sulfonamides is 1. The van der Waals surface area contributed by atoms with Crippen LogP contribution >= 0.6 is 0 Å². The smallest absolute Gasteiger partial charge is 0.243 e. The maximum atomic E-state index is 13.1. The maximum Gasteiger partial charge on any atom is 0.243 e. The number of hydrogen-bond donors (Lipinski definition) is 0. The van der Waals surface area contributed by atoms with Crippen molar-refractivity contribution in [3.8, 4) is 5.69 Å². The van der Waals surface area contributed by atoms with Crippen LogP contribution in [0.1, 0.15) is 23.1 Å². The van der Waals surface area contributed by atoms with Crippen molar-refractivity contribution in [2.75, 3.05) is 26.2 Å². The summed E-state index contributed by atoms with van der Waals surface area (Å²) < 4.78 is 29.5. The van der Waals surface area contributed by atoms with Gasteiger partial charge in [-0.15, -0.1) is 0 Å². The number of carbonyl (C=O) groups excluding carboxylic acids is 1. The second-order valence-corrected chi connectivity index (χ2v) is 10.1. The Labute approximate surface area is 189 Å². The van der Waals surface area contributed by atoms with Gasteiger partial charge in [0.15, 0.2) is 0 Å². The summed E-state index contributed by atoms with van der Waals surface area (Å²) >= 11 is 0. The molecular formula is C24H28N4O3S. The molecule has 0 unspecified atom stereocenters. The number of rotatable bonds is 6. The van der Waals surface area contributed by atoms with Gasteiger partial charge in [0, 0.05) is 38.8 Å². The Morgan fingerprint density at radius 3 is 2.44 bits per heavy atom. The van der Waals surface area contributed by atoms with Crippen LogP contribution in [0.25, 0.3) is 5.69 Å². The molecule has 1 saturated heterocycles. The van der Waals surface area contributed by atoms with Crippen molar-refractivity contribution >= 4 is 15.9 Å². The predicted molar refractivity (Wildman–Crippen MR) is 123 cm³/mol. The second kappa shape index (κ2) is 9.26. The average molecular weight is 453 g/mol. The van der Waals surface area contributed by atoms with Gasteiger partial charge in [0.25, 0.3) is 0 Å². The van der Waals surface area contributed by atoms with Crippen molar-refractivity contribution in [2.45, 2.75) is 31.6 Å². The summed E-state index contributed by atoms with van der Waals surface area (Å²) in [4.78, 5) is 14.8. The number of nitrogens with zero attached hydrogens (tertiary/aromatic N) is 4. The first-order valence-corrected chi connectivity index (χ1v) is 12.2. The van der Waals surface area contributed by atoms with Gasteiger partial charge in [-0.05, 0) is 55.2 Å². The number of aromatic nitrogens is 2. The van der Waals surface area contributed by atoms with Crippen molar-refractivity contribution in [1.82, 2.24) is 19.0 Å². The standard InChI is InChI=1S/C24H28N4O3S/c1-19-8-9-20(2)23(16-19)32(30,31)27-14-12-26(13-15-27)24(29)11-10-21-17-25-28(18-21)22-6-4-3-5-7-22/h3-9,16-18H,10-15H2,1-2H3. The van der Waals surface area contributed by atoms with Gasteiger partial charge in [-0.1, -0.05) is 30.3 Å². The van der Waals surface area contributed by atoms with Crippen LogP contribution in [0.2, 0.25) is 0 Å². The number of benzene rings is 2.